The minimum absolute atomic E-state index is 0.0584. The zero-order valence-electron chi connectivity index (χ0n) is 7.46. The Morgan fingerprint density at radius 3 is 3.00 bits per heavy atom. The number of nitriles is 1. The van der Waals surface area contributed by atoms with Crippen molar-refractivity contribution in [2.45, 2.75) is 6.42 Å². The smallest absolute Gasteiger partial charge is 0.225 e. The number of anilines is 1. The molecule has 0 bridgehead atoms. The van der Waals surface area contributed by atoms with E-state index in [-0.39, 0.29) is 5.91 Å². The highest BCUT2D eigenvalue weighted by Crippen LogP contribution is 2.10. The van der Waals surface area contributed by atoms with Crippen LogP contribution in [-0.2, 0) is 4.79 Å². The van der Waals surface area contributed by atoms with E-state index in [0.29, 0.717) is 23.0 Å². The highest BCUT2D eigenvalue weighted by Gasteiger charge is 2.00. The summed E-state index contributed by atoms with van der Waals surface area (Å²) in [6.07, 6.45) is 0.427. The number of amides is 1. The summed E-state index contributed by atoms with van der Waals surface area (Å²) in [7, 11) is 0. The van der Waals surface area contributed by atoms with Gasteiger partial charge in [-0.2, -0.15) is 5.26 Å². The van der Waals surface area contributed by atoms with Crippen LogP contribution in [0.15, 0.2) is 24.3 Å². The number of nitrogens with zero attached hydrogens (tertiary/aromatic N) is 1. The molecule has 72 valence electrons. The Kier molecular flexibility index (Phi) is 4.14. The van der Waals surface area contributed by atoms with Crippen molar-refractivity contribution in [1.29, 1.82) is 5.26 Å². The zero-order chi connectivity index (χ0) is 10.4. The van der Waals surface area contributed by atoms with E-state index in [4.69, 9.17) is 5.26 Å². The summed E-state index contributed by atoms with van der Waals surface area (Å²) >= 11 is 3.18. The van der Waals surface area contributed by atoms with Gasteiger partial charge in [0, 0.05) is 17.4 Å². The summed E-state index contributed by atoms with van der Waals surface area (Å²) in [6.45, 7) is 0. The lowest BCUT2D eigenvalue weighted by Gasteiger charge is -2.03. The fourth-order valence-corrected chi connectivity index (χ4v) is 1.34. The Balaban J connectivity index is 2.68. The van der Waals surface area contributed by atoms with Crippen LogP contribution in [-0.4, -0.2) is 11.2 Å². The van der Waals surface area contributed by atoms with Crippen LogP contribution in [0.3, 0.4) is 0 Å². The number of alkyl halides is 1. The van der Waals surface area contributed by atoms with Gasteiger partial charge >= 0.3 is 0 Å². The molecular formula is C10H9BrN2O. The van der Waals surface area contributed by atoms with E-state index < -0.39 is 0 Å². The Morgan fingerprint density at radius 2 is 2.36 bits per heavy atom. The van der Waals surface area contributed by atoms with Crippen molar-refractivity contribution >= 4 is 27.5 Å². The Labute approximate surface area is 90.9 Å². The maximum Gasteiger partial charge on any atom is 0.225 e. The van der Waals surface area contributed by atoms with Crippen LogP contribution in [0, 0.1) is 11.3 Å². The van der Waals surface area contributed by atoms with Gasteiger partial charge in [0.25, 0.3) is 0 Å². The minimum Gasteiger partial charge on any atom is -0.326 e. The fraction of sp³-hybridized carbons (Fsp3) is 0.200. The first-order valence-electron chi connectivity index (χ1n) is 4.12. The third-order valence-electron chi connectivity index (χ3n) is 1.60. The van der Waals surface area contributed by atoms with E-state index in [9.17, 15) is 4.79 Å². The van der Waals surface area contributed by atoms with Crippen LogP contribution < -0.4 is 5.32 Å². The third kappa shape index (κ3) is 3.19. The molecule has 0 unspecified atom stereocenters. The summed E-state index contributed by atoms with van der Waals surface area (Å²) in [5.41, 5.74) is 1.21. The first-order valence-corrected chi connectivity index (χ1v) is 5.24. The molecular weight excluding hydrogens is 244 g/mol. The second-order valence-electron chi connectivity index (χ2n) is 2.68. The topological polar surface area (TPSA) is 52.9 Å². The molecule has 3 nitrogen and oxygen atoms in total. The number of rotatable bonds is 3. The maximum absolute atomic E-state index is 11.2. The molecule has 4 heteroatoms. The molecule has 1 rings (SSSR count). The van der Waals surface area contributed by atoms with Crippen LogP contribution in [0.1, 0.15) is 12.0 Å². The van der Waals surface area contributed by atoms with Gasteiger partial charge in [0.15, 0.2) is 0 Å². The quantitative estimate of drug-likeness (QED) is 0.840. The number of carbonyl (C=O) groups excluding carboxylic acids is 1. The summed E-state index contributed by atoms with van der Waals surface area (Å²) in [5.74, 6) is -0.0584. The number of benzene rings is 1. The third-order valence-corrected chi connectivity index (χ3v) is 1.99. The monoisotopic (exact) mass is 252 g/mol. The predicted octanol–water partition coefficient (Wildman–Crippen LogP) is 2.28. The first kappa shape index (κ1) is 10.7. The summed E-state index contributed by atoms with van der Waals surface area (Å²) < 4.78 is 0. The van der Waals surface area contributed by atoms with E-state index in [1.165, 1.54) is 0 Å². The fourth-order valence-electron chi connectivity index (χ4n) is 0.976. The molecule has 0 fully saturated rings. The standard InChI is InChI=1S/C10H9BrN2O/c11-5-4-10(14)13-9-3-1-2-8(6-9)7-12/h1-3,6H,4-5H2,(H,13,14). The number of carbonyl (C=O) groups is 1. The van der Waals surface area contributed by atoms with Crippen molar-refractivity contribution in [3.8, 4) is 6.07 Å². The van der Waals surface area contributed by atoms with Gasteiger partial charge in [-0.05, 0) is 18.2 Å². The van der Waals surface area contributed by atoms with Crippen molar-refractivity contribution in [1.82, 2.24) is 0 Å². The predicted molar refractivity (Wildman–Crippen MR) is 58.2 cm³/mol. The molecule has 0 atom stereocenters. The van der Waals surface area contributed by atoms with Crippen molar-refractivity contribution in [2.24, 2.45) is 0 Å². The van der Waals surface area contributed by atoms with E-state index >= 15 is 0 Å². The van der Waals surface area contributed by atoms with E-state index in [1.54, 1.807) is 24.3 Å². The maximum atomic E-state index is 11.2. The number of hydrogen-bond acceptors (Lipinski definition) is 2. The molecule has 0 saturated heterocycles. The Morgan fingerprint density at radius 1 is 1.57 bits per heavy atom. The van der Waals surface area contributed by atoms with Gasteiger partial charge in [-0.25, -0.2) is 0 Å². The van der Waals surface area contributed by atoms with Gasteiger partial charge in [0.2, 0.25) is 5.91 Å². The van der Waals surface area contributed by atoms with Gasteiger partial charge in [-0.15, -0.1) is 0 Å². The second kappa shape index (κ2) is 5.40. The lowest BCUT2D eigenvalue weighted by Crippen LogP contribution is -2.11. The summed E-state index contributed by atoms with van der Waals surface area (Å²) in [5, 5.41) is 12.0. The number of hydrogen-bond donors (Lipinski definition) is 1. The van der Waals surface area contributed by atoms with Gasteiger partial charge in [0.05, 0.1) is 11.6 Å². The number of nitrogens with one attached hydrogen (secondary N) is 1. The van der Waals surface area contributed by atoms with Crippen LogP contribution >= 0.6 is 15.9 Å². The zero-order valence-corrected chi connectivity index (χ0v) is 9.04. The van der Waals surface area contributed by atoms with Gasteiger partial charge in [-0.1, -0.05) is 22.0 Å². The average Bonchev–Trinajstić information content (AvgIpc) is 2.18. The molecule has 1 aromatic carbocycles. The molecule has 0 aromatic heterocycles. The van der Waals surface area contributed by atoms with Crippen LogP contribution in [0.25, 0.3) is 0 Å². The molecule has 1 aromatic rings. The van der Waals surface area contributed by atoms with Crippen molar-refractivity contribution in [3.63, 3.8) is 0 Å². The van der Waals surface area contributed by atoms with Gasteiger partial charge in [0.1, 0.15) is 0 Å². The highest BCUT2D eigenvalue weighted by molar-refractivity contribution is 9.09. The van der Waals surface area contributed by atoms with Crippen molar-refractivity contribution in [3.05, 3.63) is 29.8 Å². The van der Waals surface area contributed by atoms with E-state index in [1.807, 2.05) is 6.07 Å². The molecule has 0 aliphatic rings. The SMILES string of the molecule is N#Cc1cccc(NC(=O)CCBr)c1. The van der Waals surface area contributed by atoms with Crippen molar-refractivity contribution < 1.29 is 4.79 Å². The molecule has 1 amide bonds. The molecule has 1 N–H and O–H groups in total. The molecule has 0 radical (unpaired) electrons. The van der Waals surface area contributed by atoms with Crippen LogP contribution in [0.4, 0.5) is 5.69 Å². The van der Waals surface area contributed by atoms with Crippen LogP contribution in [0.2, 0.25) is 0 Å². The molecule has 0 aliphatic heterocycles. The summed E-state index contributed by atoms with van der Waals surface area (Å²) in [4.78, 5) is 11.2. The Hall–Kier alpha value is -1.34. The highest BCUT2D eigenvalue weighted by atomic mass is 79.9. The van der Waals surface area contributed by atoms with Crippen molar-refractivity contribution in [2.75, 3.05) is 10.6 Å². The lowest BCUT2D eigenvalue weighted by atomic mass is 10.2. The molecule has 0 saturated carbocycles. The van der Waals surface area contributed by atoms with E-state index in [0.717, 1.165) is 0 Å². The molecule has 0 spiro atoms. The first-order chi connectivity index (χ1) is 6.76. The lowest BCUT2D eigenvalue weighted by molar-refractivity contribution is -0.115. The van der Waals surface area contributed by atoms with E-state index in [2.05, 4.69) is 21.2 Å². The largest absolute Gasteiger partial charge is 0.326 e. The summed E-state index contributed by atoms with van der Waals surface area (Å²) in [6, 6.07) is 8.85. The minimum atomic E-state index is -0.0584. The normalized spacial score (nSPS) is 9.14. The van der Waals surface area contributed by atoms with Crippen LogP contribution in [0.5, 0.6) is 0 Å². The molecule has 0 aliphatic carbocycles. The van der Waals surface area contributed by atoms with Gasteiger partial charge in [-0.3, -0.25) is 4.79 Å². The average molecular weight is 253 g/mol. The molecule has 14 heavy (non-hydrogen) atoms. The second-order valence-corrected chi connectivity index (χ2v) is 3.47. The van der Waals surface area contributed by atoms with Gasteiger partial charge < -0.3 is 5.32 Å². The molecule has 0 heterocycles. The Bertz CT molecular complexity index is 371. The number of halogens is 1.